The van der Waals surface area contributed by atoms with Gasteiger partial charge in [-0.1, -0.05) is 60.7 Å². The number of benzene rings is 2. The zero-order valence-electron chi connectivity index (χ0n) is 12.9. The lowest BCUT2D eigenvalue weighted by molar-refractivity contribution is -0.144. The minimum absolute atomic E-state index is 0.0429. The third-order valence-electron chi connectivity index (χ3n) is 4.83. The Hall–Kier alpha value is -2.42. The van der Waals surface area contributed by atoms with E-state index in [4.69, 9.17) is 0 Å². The van der Waals surface area contributed by atoms with Gasteiger partial charge in [-0.15, -0.1) is 0 Å². The van der Waals surface area contributed by atoms with Crippen molar-refractivity contribution < 1.29 is 14.7 Å². The van der Waals surface area contributed by atoms with E-state index in [-0.39, 0.29) is 11.7 Å². The van der Waals surface area contributed by atoms with Crippen molar-refractivity contribution in [1.29, 1.82) is 0 Å². The second kappa shape index (κ2) is 6.78. The van der Waals surface area contributed by atoms with Gasteiger partial charge in [-0.2, -0.15) is 0 Å². The van der Waals surface area contributed by atoms with Gasteiger partial charge in [0, 0.05) is 11.5 Å². The molecule has 0 unspecified atom stereocenters. The van der Waals surface area contributed by atoms with Gasteiger partial charge in [0.25, 0.3) is 0 Å². The molecule has 0 spiro atoms. The largest absolute Gasteiger partial charge is 0.481 e. The summed E-state index contributed by atoms with van der Waals surface area (Å²) in [6, 6.07) is 19.1. The number of hydrogen-bond acceptors (Lipinski definition) is 2. The highest BCUT2D eigenvalue weighted by atomic mass is 16.4. The van der Waals surface area contributed by atoms with Crippen molar-refractivity contribution >= 4 is 11.8 Å². The molecule has 0 heterocycles. The Labute approximate surface area is 136 Å². The smallest absolute Gasteiger partial charge is 0.307 e. The first-order valence-electron chi connectivity index (χ1n) is 8.04. The van der Waals surface area contributed by atoms with E-state index in [9.17, 15) is 14.7 Å². The first kappa shape index (κ1) is 15.5. The predicted octanol–water partition coefficient (Wildman–Crippen LogP) is 4.15. The van der Waals surface area contributed by atoms with E-state index in [0.717, 1.165) is 6.42 Å². The van der Waals surface area contributed by atoms with Crippen LogP contribution < -0.4 is 0 Å². The molecule has 0 aliphatic heterocycles. The number of aliphatic carboxylic acids is 1. The molecule has 3 atom stereocenters. The maximum absolute atomic E-state index is 12.8. The summed E-state index contributed by atoms with van der Waals surface area (Å²) in [6.07, 6.45) is 1.98. The van der Waals surface area contributed by atoms with Crippen LogP contribution in [0, 0.1) is 11.8 Å². The van der Waals surface area contributed by atoms with E-state index < -0.39 is 17.8 Å². The minimum atomic E-state index is -0.856. The predicted molar refractivity (Wildman–Crippen MR) is 88.4 cm³/mol. The topological polar surface area (TPSA) is 54.4 Å². The maximum atomic E-state index is 12.8. The summed E-state index contributed by atoms with van der Waals surface area (Å²) < 4.78 is 0. The fourth-order valence-corrected chi connectivity index (χ4v) is 3.60. The molecular formula is C20H20O3. The van der Waals surface area contributed by atoms with Crippen molar-refractivity contribution in [3.05, 3.63) is 71.8 Å². The van der Waals surface area contributed by atoms with E-state index in [1.807, 2.05) is 36.4 Å². The Kier molecular flexibility index (Phi) is 4.56. The average molecular weight is 308 g/mol. The van der Waals surface area contributed by atoms with E-state index in [1.54, 1.807) is 12.1 Å². The average Bonchev–Trinajstić information content (AvgIpc) is 2.62. The second-order valence-electron chi connectivity index (χ2n) is 6.20. The van der Waals surface area contributed by atoms with Crippen molar-refractivity contribution in [2.75, 3.05) is 0 Å². The van der Waals surface area contributed by atoms with Crippen LogP contribution in [0.5, 0.6) is 0 Å². The molecule has 1 aliphatic carbocycles. The highest BCUT2D eigenvalue weighted by molar-refractivity contribution is 6.00. The van der Waals surface area contributed by atoms with Crippen LogP contribution in [0.1, 0.15) is 41.1 Å². The molecule has 2 aromatic rings. The lowest BCUT2D eigenvalue weighted by atomic mass is 9.69. The number of ketones is 1. The van der Waals surface area contributed by atoms with Gasteiger partial charge in [0.2, 0.25) is 0 Å². The molecule has 0 saturated heterocycles. The molecule has 1 saturated carbocycles. The van der Waals surface area contributed by atoms with Gasteiger partial charge < -0.3 is 5.11 Å². The van der Waals surface area contributed by atoms with Gasteiger partial charge in [-0.3, -0.25) is 9.59 Å². The van der Waals surface area contributed by atoms with Crippen molar-refractivity contribution in [2.24, 2.45) is 11.8 Å². The summed E-state index contributed by atoms with van der Waals surface area (Å²) in [5, 5.41) is 9.51. The molecule has 3 nitrogen and oxygen atoms in total. The molecule has 118 valence electrons. The van der Waals surface area contributed by atoms with Gasteiger partial charge >= 0.3 is 5.97 Å². The summed E-state index contributed by atoms with van der Waals surface area (Å²) >= 11 is 0. The lowest BCUT2D eigenvalue weighted by Gasteiger charge is -2.33. The fourth-order valence-electron chi connectivity index (χ4n) is 3.60. The van der Waals surface area contributed by atoms with Crippen LogP contribution in [-0.4, -0.2) is 16.9 Å². The standard InChI is InChI=1S/C20H20O3/c21-19(15-9-5-2-6-10-15)18-13-16(11-12-17(18)20(22)23)14-7-3-1-4-8-14/h1-10,16-18H,11-13H2,(H,22,23)/t16-,17-,18-/m0/s1. The highest BCUT2D eigenvalue weighted by Gasteiger charge is 2.39. The first-order valence-corrected chi connectivity index (χ1v) is 8.04. The summed E-state index contributed by atoms with van der Waals surface area (Å²) in [4.78, 5) is 24.4. The molecule has 0 bridgehead atoms. The number of carboxylic acid groups (broad SMARTS) is 1. The van der Waals surface area contributed by atoms with Crippen molar-refractivity contribution in [3.8, 4) is 0 Å². The van der Waals surface area contributed by atoms with Crippen LogP contribution in [-0.2, 0) is 4.79 Å². The van der Waals surface area contributed by atoms with Gasteiger partial charge in [0.05, 0.1) is 5.92 Å². The van der Waals surface area contributed by atoms with Gasteiger partial charge in [0.15, 0.2) is 5.78 Å². The third kappa shape index (κ3) is 3.34. The van der Waals surface area contributed by atoms with Crippen molar-refractivity contribution in [3.63, 3.8) is 0 Å². The fraction of sp³-hybridized carbons (Fsp3) is 0.300. The molecule has 3 rings (SSSR count). The number of carbonyl (C=O) groups excluding carboxylic acids is 1. The Balaban J connectivity index is 1.86. The Morgan fingerprint density at radius 3 is 2.04 bits per heavy atom. The molecule has 0 aromatic heterocycles. The number of Topliss-reactive ketones (excluding diaryl/α,β-unsaturated/α-hetero) is 1. The molecule has 3 heteroatoms. The number of hydrogen-bond donors (Lipinski definition) is 1. The number of carboxylic acids is 1. The Bertz CT molecular complexity index is 679. The molecule has 23 heavy (non-hydrogen) atoms. The molecule has 0 amide bonds. The van der Waals surface area contributed by atoms with Crippen LogP contribution in [0.25, 0.3) is 0 Å². The molecule has 1 aliphatic rings. The minimum Gasteiger partial charge on any atom is -0.481 e. The van der Waals surface area contributed by atoms with Crippen molar-refractivity contribution in [1.82, 2.24) is 0 Å². The first-order chi connectivity index (χ1) is 11.2. The Morgan fingerprint density at radius 2 is 1.43 bits per heavy atom. The zero-order valence-corrected chi connectivity index (χ0v) is 12.9. The van der Waals surface area contributed by atoms with E-state index >= 15 is 0 Å². The van der Waals surface area contributed by atoms with Crippen molar-refractivity contribution in [2.45, 2.75) is 25.2 Å². The summed E-state index contributed by atoms with van der Waals surface area (Å²) in [6.45, 7) is 0. The molecule has 1 N–H and O–H groups in total. The van der Waals surface area contributed by atoms with E-state index in [2.05, 4.69) is 12.1 Å². The van der Waals surface area contributed by atoms with E-state index in [0.29, 0.717) is 18.4 Å². The number of rotatable bonds is 4. The van der Waals surface area contributed by atoms with Crippen LogP contribution in [0.2, 0.25) is 0 Å². The zero-order chi connectivity index (χ0) is 16.2. The third-order valence-corrected chi connectivity index (χ3v) is 4.83. The Morgan fingerprint density at radius 1 is 0.826 bits per heavy atom. The molecule has 0 radical (unpaired) electrons. The van der Waals surface area contributed by atoms with Crippen LogP contribution >= 0.6 is 0 Å². The quantitative estimate of drug-likeness (QED) is 0.863. The van der Waals surface area contributed by atoms with E-state index in [1.165, 1.54) is 5.56 Å². The van der Waals surface area contributed by atoms with Gasteiger partial charge in [-0.05, 0) is 30.7 Å². The maximum Gasteiger partial charge on any atom is 0.307 e. The molecule has 2 aromatic carbocycles. The monoisotopic (exact) mass is 308 g/mol. The van der Waals surface area contributed by atoms with Crippen LogP contribution in [0.15, 0.2) is 60.7 Å². The molecular weight excluding hydrogens is 288 g/mol. The lowest BCUT2D eigenvalue weighted by Crippen LogP contribution is -2.35. The summed E-state index contributed by atoms with van der Waals surface area (Å²) in [5.74, 6) is -1.68. The van der Waals surface area contributed by atoms with Gasteiger partial charge in [0.1, 0.15) is 0 Å². The van der Waals surface area contributed by atoms with Gasteiger partial charge in [-0.25, -0.2) is 0 Å². The summed E-state index contributed by atoms with van der Waals surface area (Å²) in [5.41, 5.74) is 1.81. The van der Waals surface area contributed by atoms with Crippen LogP contribution in [0.3, 0.4) is 0 Å². The molecule has 1 fully saturated rings. The highest BCUT2D eigenvalue weighted by Crippen LogP contribution is 2.41. The SMILES string of the molecule is O=C(O)[C@H]1CC[C@H](c2ccccc2)C[C@@H]1C(=O)c1ccccc1. The summed E-state index contributed by atoms with van der Waals surface area (Å²) in [7, 11) is 0. The number of carbonyl (C=O) groups is 2. The normalized spacial score (nSPS) is 24.1. The van der Waals surface area contributed by atoms with Crippen LogP contribution in [0.4, 0.5) is 0 Å². The second-order valence-corrected chi connectivity index (χ2v) is 6.20.